The van der Waals surface area contributed by atoms with E-state index in [9.17, 15) is 14.4 Å². The highest BCUT2D eigenvalue weighted by Gasteiger charge is 2.23. The number of imide groups is 1. The molecule has 1 aliphatic carbocycles. The SMILES string of the molecule is CC1CCCCC1NC(=O)NC(=O)COC(=O)c1ccc(-n2cccn2)cc1. The Balaban J connectivity index is 1.43. The van der Waals surface area contributed by atoms with Gasteiger partial charge in [-0.3, -0.25) is 10.1 Å². The van der Waals surface area contributed by atoms with Crippen molar-refractivity contribution >= 4 is 17.9 Å². The molecule has 1 aromatic carbocycles. The molecular formula is C20H24N4O4. The second-order valence-electron chi connectivity index (χ2n) is 6.96. The molecule has 8 heteroatoms. The number of carbonyl (C=O) groups is 3. The van der Waals surface area contributed by atoms with Gasteiger partial charge in [-0.15, -0.1) is 0 Å². The van der Waals surface area contributed by atoms with E-state index in [4.69, 9.17) is 4.74 Å². The zero-order valence-electron chi connectivity index (χ0n) is 15.8. The average Bonchev–Trinajstić information content (AvgIpc) is 3.23. The lowest BCUT2D eigenvalue weighted by Gasteiger charge is -2.29. The zero-order chi connectivity index (χ0) is 19.9. The first kappa shape index (κ1) is 19.6. The fourth-order valence-corrected chi connectivity index (χ4v) is 3.28. The Morgan fingerprint density at radius 3 is 2.61 bits per heavy atom. The first-order chi connectivity index (χ1) is 13.5. The van der Waals surface area contributed by atoms with E-state index in [2.05, 4.69) is 22.7 Å². The summed E-state index contributed by atoms with van der Waals surface area (Å²) in [5.74, 6) is -0.914. The van der Waals surface area contributed by atoms with Gasteiger partial charge in [0.15, 0.2) is 6.61 Å². The van der Waals surface area contributed by atoms with Gasteiger partial charge in [-0.05, 0) is 49.1 Å². The number of amides is 3. The second kappa shape index (κ2) is 9.16. The summed E-state index contributed by atoms with van der Waals surface area (Å²) in [5.41, 5.74) is 1.11. The number of carbonyl (C=O) groups excluding carboxylic acids is 3. The summed E-state index contributed by atoms with van der Waals surface area (Å²) in [6.07, 6.45) is 7.66. The smallest absolute Gasteiger partial charge is 0.338 e. The predicted molar refractivity (Wildman–Crippen MR) is 102 cm³/mol. The number of hydrogen-bond donors (Lipinski definition) is 2. The van der Waals surface area contributed by atoms with E-state index in [0.717, 1.165) is 24.9 Å². The van der Waals surface area contributed by atoms with Gasteiger partial charge in [-0.25, -0.2) is 14.3 Å². The molecule has 2 atom stereocenters. The number of nitrogens with one attached hydrogen (secondary N) is 2. The molecular weight excluding hydrogens is 360 g/mol. The summed E-state index contributed by atoms with van der Waals surface area (Å²) in [6, 6.07) is 7.94. The van der Waals surface area contributed by atoms with Crippen molar-refractivity contribution < 1.29 is 19.1 Å². The minimum absolute atomic E-state index is 0.0670. The Kier molecular flexibility index (Phi) is 6.41. The summed E-state index contributed by atoms with van der Waals surface area (Å²) in [6.45, 7) is 1.57. The van der Waals surface area contributed by atoms with E-state index in [1.54, 1.807) is 47.4 Å². The van der Waals surface area contributed by atoms with E-state index in [0.29, 0.717) is 11.5 Å². The predicted octanol–water partition coefficient (Wildman–Crippen LogP) is 2.43. The van der Waals surface area contributed by atoms with Gasteiger partial charge in [-0.2, -0.15) is 5.10 Å². The third-order valence-electron chi connectivity index (χ3n) is 4.89. The molecule has 2 unspecified atom stereocenters. The van der Waals surface area contributed by atoms with E-state index in [-0.39, 0.29) is 6.04 Å². The van der Waals surface area contributed by atoms with E-state index >= 15 is 0 Å². The molecule has 0 aliphatic heterocycles. The Labute approximate surface area is 163 Å². The normalized spacial score (nSPS) is 18.9. The Morgan fingerprint density at radius 1 is 1.18 bits per heavy atom. The quantitative estimate of drug-likeness (QED) is 0.771. The second-order valence-corrected chi connectivity index (χ2v) is 6.96. The lowest BCUT2D eigenvalue weighted by molar-refractivity contribution is -0.123. The molecule has 28 heavy (non-hydrogen) atoms. The van der Waals surface area contributed by atoms with E-state index < -0.39 is 24.5 Å². The van der Waals surface area contributed by atoms with Crippen LogP contribution in [0, 0.1) is 5.92 Å². The molecule has 0 radical (unpaired) electrons. The van der Waals surface area contributed by atoms with Crippen molar-refractivity contribution in [2.45, 2.75) is 38.6 Å². The van der Waals surface area contributed by atoms with E-state index in [1.165, 1.54) is 6.42 Å². The molecule has 1 heterocycles. The molecule has 1 aliphatic rings. The maximum atomic E-state index is 12.1. The highest BCUT2D eigenvalue weighted by Crippen LogP contribution is 2.23. The highest BCUT2D eigenvalue weighted by molar-refractivity contribution is 5.97. The van der Waals surface area contributed by atoms with Crippen LogP contribution in [0.15, 0.2) is 42.7 Å². The minimum atomic E-state index is -0.664. The van der Waals surface area contributed by atoms with Crippen molar-refractivity contribution in [1.29, 1.82) is 0 Å². The molecule has 1 saturated carbocycles. The molecule has 1 aromatic heterocycles. The molecule has 3 rings (SSSR count). The maximum absolute atomic E-state index is 12.1. The third-order valence-corrected chi connectivity index (χ3v) is 4.89. The van der Waals surface area contributed by atoms with Crippen LogP contribution >= 0.6 is 0 Å². The summed E-state index contributed by atoms with van der Waals surface area (Å²) in [4.78, 5) is 35.9. The number of rotatable bonds is 5. The number of urea groups is 1. The van der Waals surface area contributed by atoms with Gasteiger partial charge < -0.3 is 10.1 Å². The molecule has 0 spiro atoms. The average molecular weight is 384 g/mol. The molecule has 2 N–H and O–H groups in total. The van der Waals surface area contributed by atoms with Crippen LogP contribution in [0.1, 0.15) is 43.0 Å². The summed E-state index contributed by atoms with van der Waals surface area (Å²) >= 11 is 0. The van der Waals surface area contributed by atoms with Gasteiger partial charge >= 0.3 is 12.0 Å². The van der Waals surface area contributed by atoms with Crippen molar-refractivity contribution in [3.63, 3.8) is 0 Å². The van der Waals surface area contributed by atoms with Crippen molar-refractivity contribution in [2.24, 2.45) is 5.92 Å². The summed E-state index contributed by atoms with van der Waals surface area (Å²) in [7, 11) is 0. The van der Waals surface area contributed by atoms with Crippen molar-refractivity contribution in [3.05, 3.63) is 48.3 Å². The molecule has 3 amide bonds. The largest absolute Gasteiger partial charge is 0.452 e. The van der Waals surface area contributed by atoms with Crippen LogP contribution in [0.5, 0.6) is 0 Å². The van der Waals surface area contributed by atoms with Gasteiger partial charge in [0.05, 0.1) is 11.3 Å². The molecule has 0 bridgehead atoms. The monoisotopic (exact) mass is 384 g/mol. The number of esters is 1. The van der Waals surface area contributed by atoms with Gasteiger partial charge in [0, 0.05) is 18.4 Å². The lowest BCUT2D eigenvalue weighted by atomic mass is 9.86. The highest BCUT2D eigenvalue weighted by atomic mass is 16.5. The Morgan fingerprint density at radius 2 is 1.93 bits per heavy atom. The van der Waals surface area contributed by atoms with Crippen LogP contribution < -0.4 is 10.6 Å². The molecule has 0 saturated heterocycles. The Bertz CT molecular complexity index is 817. The van der Waals surface area contributed by atoms with Gasteiger partial charge in [0.2, 0.25) is 0 Å². The van der Waals surface area contributed by atoms with Crippen LogP contribution in [-0.2, 0) is 9.53 Å². The topological polar surface area (TPSA) is 102 Å². The number of aromatic nitrogens is 2. The summed E-state index contributed by atoms with van der Waals surface area (Å²) < 4.78 is 6.64. The van der Waals surface area contributed by atoms with Crippen molar-refractivity contribution in [1.82, 2.24) is 20.4 Å². The Hall–Kier alpha value is -3.16. The van der Waals surface area contributed by atoms with Crippen molar-refractivity contribution in [3.8, 4) is 5.69 Å². The van der Waals surface area contributed by atoms with Gasteiger partial charge in [0.1, 0.15) is 0 Å². The van der Waals surface area contributed by atoms with Crippen LogP contribution in [0.3, 0.4) is 0 Å². The lowest BCUT2D eigenvalue weighted by Crippen LogP contribution is -2.48. The van der Waals surface area contributed by atoms with Crippen LogP contribution in [-0.4, -0.2) is 40.3 Å². The first-order valence-corrected chi connectivity index (χ1v) is 9.40. The van der Waals surface area contributed by atoms with Crippen molar-refractivity contribution in [2.75, 3.05) is 6.61 Å². The molecule has 1 fully saturated rings. The third kappa shape index (κ3) is 5.18. The molecule has 2 aromatic rings. The van der Waals surface area contributed by atoms with Crippen LogP contribution in [0.4, 0.5) is 4.79 Å². The van der Waals surface area contributed by atoms with E-state index in [1.807, 2.05) is 0 Å². The standard InChI is InChI=1S/C20H24N4O4/c1-14-5-2-3-6-17(14)22-20(27)23-18(25)13-28-19(26)15-7-9-16(10-8-15)24-12-4-11-21-24/h4,7-12,14,17H,2-3,5-6,13H2,1H3,(H2,22,23,25,27). The summed E-state index contributed by atoms with van der Waals surface area (Å²) in [5, 5.41) is 9.13. The molecule has 8 nitrogen and oxygen atoms in total. The number of hydrogen-bond acceptors (Lipinski definition) is 5. The maximum Gasteiger partial charge on any atom is 0.338 e. The zero-order valence-corrected chi connectivity index (χ0v) is 15.8. The molecule has 148 valence electrons. The first-order valence-electron chi connectivity index (χ1n) is 9.40. The fraction of sp³-hybridized carbons (Fsp3) is 0.400. The number of ether oxygens (including phenoxy) is 1. The fourth-order valence-electron chi connectivity index (χ4n) is 3.28. The minimum Gasteiger partial charge on any atom is -0.452 e. The van der Waals surface area contributed by atoms with Crippen LogP contribution in [0.25, 0.3) is 5.69 Å². The van der Waals surface area contributed by atoms with Gasteiger partial charge in [-0.1, -0.05) is 19.8 Å². The van der Waals surface area contributed by atoms with Crippen LogP contribution in [0.2, 0.25) is 0 Å². The number of nitrogens with zero attached hydrogens (tertiary/aromatic N) is 2. The number of benzene rings is 1. The van der Waals surface area contributed by atoms with Gasteiger partial charge in [0.25, 0.3) is 5.91 Å².